The summed E-state index contributed by atoms with van der Waals surface area (Å²) in [6, 6.07) is 7.88. The molecule has 0 N–H and O–H groups in total. The van der Waals surface area contributed by atoms with Gasteiger partial charge in [-0.1, -0.05) is 45.2 Å². The molecule has 0 heterocycles. The van der Waals surface area contributed by atoms with E-state index in [1.807, 2.05) is 24.3 Å². The van der Waals surface area contributed by atoms with E-state index >= 15 is 0 Å². The van der Waals surface area contributed by atoms with Crippen LogP contribution in [0.3, 0.4) is 0 Å². The van der Waals surface area contributed by atoms with E-state index in [0.29, 0.717) is 12.3 Å². The van der Waals surface area contributed by atoms with Crippen LogP contribution in [-0.4, -0.2) is 12.4 Å². The first-order valence-electron chi connectivity index (χ1n) is 7.36. The minimum absolute atomic E-state index is 0.194. The summed E-state index contributed by atoms with van der Waals surface area (Å²) in [6.45, 7) is 6.85. The molecule has 19 heavy (non-hydrogen) atoms. The molecule has 0 bridgehead atoms. The molecular weight excluding hydrogens is 236 g/mol. The second-order valence-corrected chi connectivity index (χ2v) is 5.25. The number of rotatable bonds is 9. The van der Waals surface area contributed by atoms with Gasteiger partial charge in [0.1, 0.15) is 11.5 Å². The van der Waals surface area contributed by atoms with E-state index in [-0.39, 0.29) is 5.78 Å². The van der Waals surface area contributed by atoms with Crippen LogP contribution in [0.1, 0.15) is 52.0 Å². The molecular formula is C17H26O2. The van der Waals surface area contributed by atoms with E-state index in [4.69, 9.17) is 4.74 Å². The molecule has 1 rings (SSSR count). The van der Waals surface area contributed by atoms with Gasteiger partial charge in [0.05, 0.1) is 6.61 Å². The number of ketones is 1. The van der Waals surface area contributed by atoms with Crippen molar-refractivity contribution in [2.45, 2.75) is 52.9 Å². The largest absolute Gasteiger partial charge is 0.493 e. The van der Waals surface area contributed by atoms with Crippen LogP contribution in [0.4, 0.5) is 0 Å². The molecule has 1 atom stereocenters. The maximum atomic E-state index is 11.0. The Bertz CT molecular complexity index is 367. The topological polar surface area (TPSA) is 26.3 Å². The average molecular weight is 262 g/mol. The molecule has 0 amide bonds. The minimum atomic E-state index is 0.194. The third kappa shape index (κ3) is 6.42. The molecule has 1 aromatic rings. The lowest BCUT2D eigenvalue weighted by molar-refractivity contribution is -0.116. The van der Waals surface area contributed by atoms with Crippen LogP contribution in [0.2, 0.25) is 0 Å². The average Bonchev–Trinajstić information content (AvgIpc) is 2.40. The molecule has 0 aliphatic rings. The van der Waals surface area contributed by atoms with Crippen LogP contribution in [-0.2, 0) is 11.2 Å². The normalized spacial score (nSPS) is 12.2. The summed E-state index contributed by atoms with van der Waals surface area (Å²) in [5, 5.41) is 0. The van der Waals surface area contributed by atoms with Crippen LogP contribution in [0.25, 0.3) is 0 Å². The highest BCUT2D eigenvalue weighted by molar-refractivity contribution is 5.78. The van der Waals surface area contributed by atoms with Crippen molar-refractivity contribution in [3.05, 3.63) is 29.8 Å². The van der Waals surface area contributed by atoms with Crippen molar-refractivity contribution < 1.29 is 9.53 Å². The van der Waals surface area contributed by atoms with Crippen molar-refractivity contribution in [3.8, 4) is 5.75 Å². The van der Waals surface area contributed by atoms with Gasteiger partial charge in [-0.2, -0.15) is 0 Å². The predicted molar refractivity (Wildman–Crippen MR) is 79.6 cm³/mol. The van der Waals surface area contributed by atoms with E-state index in [0.717, 1.165) is 17.9 Å². The van der Waals surface area contributed by atoms with Crippen molar-refractivity contribution >= 4 is 5.78 Å². The molecule has 1 unspecified atom stereocenters. The quantitative estimate of drug-likeness (QED) is 0.658. The van der Waals surface area contributed by atoms with Gasteiger partial charge in [-0.15, -0.1) is 0 Å². The van der Waals surface area contributed by atoms with Gasteiger partial charge in [0.25, 0.3) is 0 Å². The Balaban J connectivity index is 2.41. The number of hydrogen-bond donors (Lipinski definition) is 0. The molecule has 0 radical (unpaired) electrons. The molecule has 2 heteroatoms. The molecule has 106 valence electrons. The number of hydrogen-bond acceptors (Lipinski definition) is 2. The van der Waals surface area contributed by atoms with E-state index in [9.17, 15) is 4.79 Å². The Morgan fingerprint density at radius 3 is 2.42 bits per heavy atom. The first-order chi connectivity index (χ1) is 9.15. The number of Topliss-reactive ketones (excluding diaryl/α,β-unsaturated/α-hetero) is 1. The highest BCUT2D eigenvalue weighted by Gasteiger charge is 2.07. The van der Waals surface area contributed by atoms with Gasteiger partial charge in [-0.05, 0) is 37.0 Å². The lowest BCUT2D eigenvalue weighted by Gasteiger charge is -2.15. The predicted octanol–water partition coefficient (Wildman–Crippen LogP) is 4.41. The Kier molecular flexibility index (Phi) is 7.24. The smallest absolute Gasteiger partial charge is 0.134 e. The highest BCUT2D eigenvalue weighted by atomic mass is 16.5. The Morgan fingerprint density at radius 1 is 1.21 bits per heavy atom. The summed E-state index contributed by atoms with van der Waals surface area (Å²) < 4.78 is 5.83. The Hall–Kier alpha value is -1.31. The van der Waals surface area contributed by atoms with Gasteiger partial charge in [0.2, 0.25) is 0 Å². The van der Waals surface area contributed by atoms with E-state index in [1.165, 1.54) is 25.7 Å². The summed E-state index contributed by atoms with van der Waals surface area (Å²) in [6.07, 6.45) is 5.45. The van der Waals surface area contributed by atoms with Crippen LogP contribution in [0.15, 0.2) is 24.3 Å². The zero-order valence-electron chi connectivity index (χ0n) is 12.4. The van der Waals surface area contributed by atoms with Crippen molar-refractivity contribution in [2.75, 3.05) is 6.61 Å². The lowest BCUT2D eigenvalue weighted by Crippen LogP contribution is -2.11. The second-order valence-electron chi connectivity index (χ2n) is 5.25. The summed E-state index contributed by atoms with van der Waals surface area (Å²) in [5.74, 6) is 1.75. The summed E-state index contributed by atoms with van der Waals surface area (Å²) in [4.78, 5) is 11.0. The third-order valence-corrected chi connectivity index (χ3v) is 3.41. The van der Waals surface area contributed by atoms with Crippen LogP contribution >= 0.6 is 0 Å². The number of ether oxygens (including phenoxy) is 1. The fourth-order valence-electron chi connectivity index (χ4n) is 2.10. The second kappa shape index (κ2) is 8.73. The van der Waals surface area contributed by atoms with Gasteiger partial charge >= 0.3 is 0 Å². The van der Waals surface area contributed by atoms with Gasteiger partial charge in [-0.3, -0.25) is 4.79 Å². The molecule has 0 aliphatic carbocycles. The molecule has 0 aromatic heterocycles. The van der Waals surface area contributed by atoms with Gasteiger partial charge < -0.3 is 4.74 Å². The van der Waals surface area contributed by atoms with Crippen molar-refractivity contribution in [3.63, 3.8) is 0 Å². The first kappa shape index (κ1) is 15.7. The van der Waals surface area contributed by atoms with E-state index < -0.39 is 0 Å². The van der Waals surface area contributed by atoms with Crippen LogP contribution in [0, 0.1) is 5.92 Å². The molecule has 0 spiro atoms. The van der Waals surface area contributed by atoms with Crippen LogP contribution in [0.5, 0.6) is 5.75 Å². The number of carbonyl (C=O) groups excluding carboxylic acids is 1. The van der Waals surface area contributed by atoms with Crippen molar-refractivity contribution in [1.82, 2.24) is 0 Å². The molecule has 1 aromatic carbocycles. The van der Waals surface area contributed by atoms with Crippen molar-refractivity contribution in [1.29, 1.82) is 0 Å². The lowest BCUT2D eigenvalue weighted by atomic mass is 10.0. The SMILES string of the molecule is CCCCC(CC)COc1ccc(CC(C)=O)cc1. The maximum Gasteiger partial charge on any atom is 0.134 e. The highest BCUT2D eigenvalue weighted by Crippen LogP contribution is 2.17. The van der Waals surface area contributed by atoms with Gasteiger partial charge in [0, 0.05) is 6.42 Å². The number of unbranched alkanes of at least 4 members (excludes halogenated alkanes) is 1. The standard InChI is InChI=1S/C17H26O2/c1-4-6-7-15(5-2)13-19-17-10-8-16(9-11-17)12-14(3)18/h8-11,15H,4-7,12-13H2,1-3H3. The summed E-state index contributed by atoms with van der Waals surface area (Å²) >= 11 is 0. The summed E-state index contributed by atoms with van der Waals surface area (Å²) in [7, 11) is 0. The van der Waals surface area contributed by atoms with Gasteiger partial charge in [-0.25, -0.2) is 0 Å². The Morgan fingerprint density at radius 2 is 1.89 bits per heavy atom. The molecule has 0 fully saturated rings. The van der Waals surface area contributed by atoms with E-state index in [1.54, 1.807) is 6.92 Å². The molecule has 0 saturated carbocycles. The third-order valence-electron chi connectivity index (χ3n) is 3.41. The summed E-state index contributed by atoms with van der Waals surface area (Å²) in [5.41, 5.74) is 1.05. The molecule has 2 nitrogen and oxygen atoms in total. The van der Waals surface area contributed by atoms with Crippen LogP contribution < -0.4 is 4.74 Å². The number of benzene rings is 1. The molecule has 0 aliphatic heterocycles. The first-order valence-corrected chi connectivity index (χ1v) is 7.36. The minimum Gasteiger partial charge on any atom is -0.493 e. The number of carbonyl (C=O) groups is 1. The fraction of sp³-hybridized carbons (Fsp3) is 0.588. The van der Waals surface area contributed by atoms with Gasteiger partial charge in [0.15, 0.2) is 0 Å². The maximum absolute atomic E-state index is 11.0. The molecule has 0 saturated heterocycles. The Labute approximate surface area is 117 Å². The zero-order chi connectivity index (χ0) is 14.1. The monoisotopic (exact) mass is 262 g/mol. The zero-order valence-corrected chi connectivity index (χ0v) is 12.4. The van der Waals surface area contributed by atoms with Crippen molar-refractivity contribution in [2.24, 2.45) is 5.92 Å². The fourth-order valence-corrected chi connectivity index (χ4v) is 2.10. The van der Waals surface area contributed by atoms with E-state index in [2.05, 4.69) is 13.8 Å².